The van der Waals surface area contributed by atoms with Gasteiger partial charge in [0.15, 0.2) is 0 Å². The SMILES string of the molecule is NCC(=CF)Cc1ccc(Cl)s1. The molecule has 12 heavy (non-hydrogen) atoms. The summed E-state index contributed by atoms with van der Waals surface area (Å²) >= 11 is 7.15. The van der Waals surface area contributed by atoms with Crippen molar-refractivity contribution < 1.29 is 4.39 Å². The van der Waals surface area contributed by atoms with Gasteiger partial charge in [-0.05, 0) is 17.7 Å². The molecule has 0 unspecified atom stereocenters. The van der Waals surface area contributed by atoms with Gasteiger partial charge in [-0.15, -0.1) is 11.3 Å². The van der Waals surface area contributed by atoms with Gasteiger partial charge in [-0.25, -0.2) is 4.39 Å². The van der Waals surface area contributed by atoms with E-state index < -0.39 is 0 Å². The quantitative estimate of drug-likeness (QED) is 0.807. The number of halogens is 2. The van der Waals surface area contributed by atoms with Crippen LogP contribution in [0.4, 0.5) is 4.39 Å². The van der Waals surface area contributed by atoms with E-state index in [2.05, 4.69) is 0 Å². The molecule has 0 aliphatic rings. The molecular weight excluding hydrogens is 197 g/mol. The number of nitrogens with two attached hydrogens (primary N) is 1. The van der Waals surface area contributed by atoms with Crippen molar-refractivity contribution in [3.8, 4) is 0 Å². The Balaban J connectivity index is 2.63. The van der Waals surface area contributed by atoms with E-state index in [1.54, 1.807) is 6.07 Å². The molecule has 1 nitrogen and oxygen atoms in total. The maximum absolute atomic E-state index is 12.1. The first-order chi connectivity index (χ1) is 5.76. The third-order valence-electron chi connectivity index (χ3n) is 1.45. The van der Waals surface area contributed by atoms with Gasteiger partial charge in [-0.3, -0.25) is 0 Å². The predicted octanol–water partition coefficient (Wildman–Crippen LogP) is 2.76. The van der Waals surface area contributed by atoms with E-state index in [0.717, 1.165) is 9.21 Å². The van der Waals surface area contributed by atoms with E-state index in [4.69, 9.17) is 17.3 Å². The van der Waals surface area contributed by atoms with Gasteiger partial charge in [0.2, 0.25) is 0 Å². The fourth-order valence-electron chi connectivity index (χ4n) is 0.826. The molecule has 0 spiro atoms. The van der Waals surface area contributed by atoms with Crippen LogP contribution in [-0.4, -0.2) is 6.54 Å². The molecule has 1 aromatic heterocycles. The Morgan fingerprint density at radius 2 is 2.42 bits per heavy atom. The minimum absolute atomic E-state index is 0.256. The third-order valence-corrected chi connectivity index (χ3v) is 2.68. The standard InChI is InChI=1S/C8H9ClFNS/c9-8-2-1-7(12-8)3-6(4-10)5-11/h1-2,4H,3,5,11H2. The van der Waals surface area contributed by atoms with Gasteiger partial charge >= 0.3 is 0 Å². The highest BCUT2D eigenvalue weighted by molar-refractivity contribution is 7.16. The average Bonchev–Trinajstić information content (AvgIpc) is 2.47. The van der Waals surface area contributed by atoms with Gasteiger partial charge < -0.3 is 5.73 Å². The molecule has 0 aliphatic carbocycles. The van der Waals surface area contributed by atoms with E-state index in [1.165, 1.54) is 11.3 Å². The van der Waals surface area contributed by atoms with Crippen LogP contribution in [0.1, 0.15) is 4.88 Å². The van der Waals surface area contributed by atoms with Gasteiger partial charge in [0.05, 0.1) is 10.7 Å². The molecule has 2 N–H and O–H groups in total. The van der Waals surface area contributed by atoms with Crippen LogP contribution in [0.5, 0.6) is 0 Å². The third kappa shape index (κ3) is 2.59. The zero-order valence-corrected chi connectivity index (χ0v) is 7.96. The number of hydrogen-bond donors (Lipinski definition) is 1. The number of rotatable bonds is 3. The summed E-state index contributed by atoms with van der Waals surface area (Å²) in [5, 5.41) is 0. The maximum atomic E-state index is 12.1. The van der Waals surface area contributed by atoms with Crippen LogP contribution < -0.4 is 5.73 Å². The monoisotopic (exact) mass is 205 g/mol. The predicted molar refractivity (Wildman–Crippen MR) is 51.3 cm³/mol. The molecule has 0 aliphatic heterocycles. The first-order valence-corrected chi connectivity index (χ1v) is 4.68. The molecule has 0 fully saturated rings. The largest absolute Gasteiger partial charge is 0.327 e. The molecular formula is C8H9ClFNS. The van der Waals surface area contributed by atoms with Crippen LogP contribution in [0.3, 0.4) is 0 Å². The van der Waals surface area contributed by atoms with E-state index >= 15 is 0 Å². The Hall–Kier alpha value is -0.380. The second-order valence-electron chi connectivity index (χ2n) is 2.35. The van der Waals surface area contributed by atoms with Gasteiger partial charge in [-0.2, -0.15) is 0 Å². The van der Waals surface area contributed by atoms with Crippen LogP contribution >= 0.6 is 22.9 Å². The van der Waals surface area contributed by atoms with Crippen LogP contribution in [0.15, 0.2) is 24.0 Å². The molecule has 0 radical (unpaired) electrons. The lowest BCUT2D eigenvalue weighted by Crippen LogP contribution is -2.04. The van der Waals surface area contributed by atoms with Crippen LogP contribution in [-0.2, 0) is 6.42 Å². The Bertz CT molecular complexity index is 282. The van der Waals surface area contributed by atoms with Gasteiger partial charge in [-0.1, -0.05) is 11.6 Å². The van der Waals surface area contributed by atoms with Crippen molar-refractivity contribution in [2.75, 3.05) is 6.54 Å². The number of thiophene rings is 1. The molecule has 0 aromatic carbocycles. The fourth-order valence-corrected chi connectivity index (χ4v) is 1.97. The molecule has 4 heteroatoms. The second kappa shape index (κ2) is 4.60. The van der Waals surface area contributed by atoms with Gasteiger partial charge in [0, 0.05) is 17.8 Å². The summed E-state index contributed by atoms with van der Waals surface area (Å²) in [5.41, 5.74) is 5.89. The van der Waals surface area contributed by atoms with Crippen molar-refractivity contribution in [2.45, 2.75) is 6.42 Å². The van der Waals surface area contributed by atoms with Crippen LogP contribution in [0.25, 0.3) is 0 Å². The van der Waals surface area contributed by atoms with E-state index in [9.17, 15) is 4.39 Å². The van der Waals surface area contributed by atoms with Crippen molar-refractivity contribution in [3.63, 3.8) is 0 Å². The number of hydrogen-bond acceptors (Lipinski definition) is 2. The van der Waals surface area contributed by atoms with Crippen molar-refractivity contribution in [3.05, 3.63) is 33.2 Å². The summed E-state index contributed by atoms with van der Waals surface area (Å²) in [5.74, 6) is 0. The first kappa shape index (κ1) is 9.71. The Labute approximate surface area is 79.7 Å². The lowest BCUT2D eigenvalue weighted by molar-refractivity contribution is 0.700. The normalized spacial score (nSPS) is 12.1. The Morgan fingerprint density at radius 1 is 1.67 bits per heavy atom. The van der Waals surface area contributed by atoms with Crippen molar-refractivity contribution in [2.24, 2.45) is 5.73 Å². The van der Waals surface area contributed by atoms with Crippen LogP contribution in [0, 0.1) is 0 Å². The lowest BCUT2D eigenvalue weighted by atomic mass is 10.2. The van der Waals surface area contributed by atoms with Gasteiger partial charge in [0.25, 0.3) is 0 Å². The summed E-state index contributed by atoms with van der Waals surface area (Å²) in [4.78, 5) is 1.04. The molecule has 1 heterocycles. The highest BCUT2D eigenvalue weighted by atomic mass is 35.5. The maximum Gasteiger partial charge on any atom is 0.0931 e. The highest BCUT2D eigenvalue weighted by Gasteiger charge is 2.00. The summed E-state index contributed by atoms with van der Waals surface area (Å²) < 4.78 is 12.8. The fraction of sp³-hybridized carbons (Fsp3) is 0.250. The minimum atomic E-state index is 0.256. The molecule has 1 aromatic rings. The molecule has 0 atom stereocenters. The molecule has 0 saturated heterocycles. The lowest BCUT2D eigenvalue weighted by Gasteiger charge is -1.97. The van der Waals surface area contributed by atoms with Gasteiger partial charge in [0.1, 0.15) is 0 Å². The molecule has 0 saturated carbocycles. The summed E-state index contributed by atoms with van der Waals surface area (Å²) in [6.45, 7) is 0.256. The second-order valence-corrected chi connectivity index (χ2v) is 4.15. The van der Waals surface area contributed by atoms with Crippen molar-refractivity contribution in [1.29, 1.82) is 0 Å². The molecule has 0 bridgehead atoms. The van der Waals surface area contributed by atoms with E-state index in [1.807, 2.05) is 6.07 Å². The highest BCUT2D eigenvalue weighted by Crippen LogP contribution is 2.23. The zero-order valence-electron chi connectivity index (χ0n) is 6.39. The molecule has 1 rings (SSSR count). The summed E-state index contributed by atoms with van der Waals surface area (Å²) in [6.07, 6.45) is 1.12. The smallest absolute Gasteiger partial charge is 0.0931 e. The summed E-state index contributed by atoms with van der Waals surface area (Å²) in [6, 6.07) is 3.68. The zero-order chi connectivity index (χ0) is 8.97. The Kier molecular flexibility index (Phi) is 3.72. The Morgan fingerprint density at radius 3 is 2.83 bits per heavy atom. The first-order valence-electron chi connectivity index (χ1n) is 3.48. The van der Waals surface area contributed by atoms with Crippen molar-refractivity contribution >= 4 is 22.9 Å². The van der Waals surface area contributed by atoms with Crippen LogP contribution in [0.2, 0.25) is 4.34 Å². The minimum Gasteiger partial charge on any atom is -0.327 e. The average molecular weight is 206 g/mol. The molecule has 0 amide bonds. The summed E-state index contributed by atoms with van der Waals surface area (Å²) in [7, 11) is 0. The molecule has 66 valence electrons. The van der Waals surface area contributed by atoms with E-state index in [-0.39, 0.29) is 6.54 Å². The topological polar surface area (TPSA) is 26.0 Å². The van der Waals surface area contributed by atoms with Crippen molar-refractivity contribution in [1.82, 2.24) is 0 Å². The van der Waals surface area contributed by atoms with E-state index in [0.29, 0.717) is 18.3 Å².